The minimum absolute atomic E-state index is 0.0540. The predicted octanol–water partition coefficient (Wildman–Crippen LogP) is 3.34. The van der Waals surface area contributed by atoms with Crippen molar-refractivity contribution in [2.45, 2.75) is 39.2 Å². The van der Waals surface area contributed by atoms with Crippen LogP contribution >= 0.6 is 11.3 Å². The molecule has 0 saturated carbocycles. The molecule has 1 atom stereocenters. The van der Waals surface area contributed by atoms with Crippen molar-refractivity contribution in [1.82, 2.24) is 14.7 Å². The van der Waals surface area contributed by atoms with E-state index in [1.807, 2.05) is 24.9 Å². The Morgan fingerprint density at radius 1 is 1.48 bits per heavy atom. The van der Waals surface area contributed by atoms with Crippen molar-refractivity contribution in [1.29, 1.82) is 0 Å². The van der Waals surface area contributed by atoms with Crippen molar-refractivity contribution in [3.8, 4) is 5.88 Å². The molecule has 3 heterocycles. The molecule has 1 saturated heterocycles. The van der Waals surface area contributed by atoms with Gasteiger partial charge in [-0.15, -0.1) is 11.3 Å². The van der Waals surface area contributed by atoms with Gasteiger partial charge >= 0.3 is 0 Å². The van der Waals surface area contributed by atoms with E-state index in [2.05, 4.69) is 18.1 Å². The lowest BCUT2D eigenvalue weighted by atomic mass is 10.0. The smallest absolute Gasteiger partial charge is 0.264 e. The number of amides is 1. The maximum Gasteiger partial charge on any atom is 0.264 e. The average molecular weight is 333 g/mol. The van der Waals surface area contributed by atoms with E-state index >= 15 is 0 Å². The molecule has 2 aromatic rings. The molecule has 1 fully saturated rings. The van der Waals surface area contributed by atoms with Gasteiger partial charge in [-0.05, 0) is 38.3 Å². The van der Waals surface area contributed by atoms with Crippen molar-refractivity contribution in [3.63, 3.8) is 0 Å². The van der Waals surface area contributed by atoms with Gasteiger partial charge in [0, 0.05) is 18.5 Å². The van der Waals surface area contributed by atoms with Crippen molar-refractivity contribution in [2.24, 2.45) is 7.05 Å². The van der Waals surface area contributed by atoms with E-state index in [9.17, 15) is 4.79 Å². The molecule has 1 aliphatic rings. The zero-order valence-electron chi connectivity index (χ0n) is 14.1. The maximum atomic E-state index is 12.9. The number of hydrogen-bond acceptors (Lipinski definition) is 4. The lowest BCUT2D eigenvalue weighted by Crippen LogP contribution is -2.30. The summed E-state index contributed by atoms with van der Waals surface area (Å²) in [6.07, 6.45) is 2.94. The Kier molecular flexibility index (Phi) is 4.43. The third-order valence-corrected chi connectivity index (χ3v) is 5.69. The summed E-state index contributed by atoms with van der Waals surface area (Å²) in [7, 11) is 3.54. The van der Waals surface area contributed by atoms with Gasteiger partial charge < -0.3 is 9.64 Å². The first-order valence-corrected chi connectivity index (χ1v) is 8.85. The van der Waals surface area contributed by atoms with Crippen molar-refractivity contribution in [3.05, 3.63) is 33.1 Å². The van der Waals surface area contributed by atoms with Gasteiger partial charge in [0.15, 0.2) is 0 Å². The van der Waals surface area contributed by atoms with Crippen LogP contribution in [-0.4, -0.2) is 34.2 Å². The standard InChI is InChI=1S/C17H23N3O2S/c1-5-12-8-9-14(23-12)16(21)20-10-6-7-13(20)15-11(2)18-19(3)17(15)22-4/h8-9,13H,5-7,10H2,1-4H3/t13-/m0/s1. The number of aromatic nitrogens is 2. The van der Waals surface area contributed by atoms with E-state index in [0.717, 1.165) is 47.8 Å². The van der Waals surface area contributed by atoms with E-state index in [1.165, 1.54) is 4.88 Å². The second kappa shape index (κ2) is 6.35. The molecule has 6 heteroatoms. The first-order valence-electron chi connectivity index (χ1n) is 8.04. The second-order valence-corrected chi connectivity index (χ2v) is 7.08. The van der Waals surface area contributed by atoms with Gasteiger partial charge in [0.25, 0.3) is 5.91 Å². The van der Waals surface area contributed by atoms with Crippen LogP contribution in [-0.2, 0) is 13.5 Å². The number of carbonyl (C=O) groups is 1. The number of carbonyl (C=O) groups excluding carboxylic acids is 1. The van der Waals surface area contributed by atoms with E-state index in [1.54, 1.807) is 23.1 Å². The fourth-order valence-corrected chi connectivity index (χ4v) is 4.32. The molecule has 23 heavy (non-hydrogen) atoms. The third kappa shape index (κ3) is 2.76. The Morgan fingerprint density at radius 2 is 2.26 bits per heavy atom. The molecular formula is C17H23N3O2S. The summed E-state index contributed by atoms with van der Waals surface area (Å²) in [5.74, 6) is 0.884. The minimum atomic E-state index is 0.0540. The molecule has 0 radical (unpaired) electrons. The Balaban J connectivity index is 1.93. The molecule has 0 aromatic carbocycles. The first-order chi connectivity index (χ1) is 11.1. The average Bonchev–Trinajstić information content (AvgIpc) is 3.24. The second-order valence-electron chi connectivity index (χ2n) is 5.91. The molecular weight excluding hydrogens is 310 g/mol. The topological polar surface area (TPSA) is 47.4 Å². The minimum Gasteiger partial charge on any atom is -0.481 e. The van der Waals surface area contributed by atoms with Crippen molar-refractivity contribution < 1.29 is 9.53 Å². The summed E-state index contributed by atoms with van der Waals surface area (Å²) >= 11 is 1.60. The van der Waals surface area contributed by atoms with Crippen LogP contribution in [0, 0.1) is 6.92 Å². The van der Waals surface area contributed by atoms with Crippen LogP contribution in [0.5, 0.6) is 5.88 Å². The third-order valence-electron chi connectivity index (χ3n) is 4.48. The zero-order chi connectivity index (χ0) is 16.6. The zero-order valence-corrected chi connectivity index (χ0v) is 14.9. The Hall–Kier alpha value is -1.82. The number of nitrogens with zero attached hydrogens (tertiary/aromatic N) is 3. The molecule has 3 rings (SSSR count). The van der Waals surface area contributed by atoms with Gasteiger partial charge in [-0.25, -0.2) is 4.68 Å². The monoisotopic (exact) mass is 333 g/mol. The van der Waals surface area contributed by atoms with Gasteiger partial charge in [0.05, 0.1) is 29.3 Å². The number of thiophene rings is 1. The van der Waals surface area contributed by atoms with Crippen LogP contribution in [0.2, 0.25) is 0 Å². The van der Waals surface area contributed by atoms with Crippen LogP contribution in [0.25, 0.3) is 0 Å². The summed E-state index contributed by atoms with van der Waals surface area (Å²) < 4.78 is 7.29. The van der Waals surface area contributed by atoms with E-state index < -0.39 is 0 Å². The summed E-state index contributed by atoms with van der Waals surface area (Å²) in [6, 6.07) is 4.06. The molecule has 1 amide bonds. The predicted molar refractivity (Wildman–Crippen MR) is 91.2 cm³/mol. The van der Waals surface area contributed by atoms with Crippen LogP contribution in [0.4, 0.5) is 0 Å². The number of hydrogen-bond donors (Lipinski definition) is 0. The summed E-state index contributed by atoms with van der Waals surface area (Å²) in [5.41, 5.74) is 1.99. The Labute approximate surface area is 140 Å². The number of rotatable bonds is 4. The molecule has 0 spiro atoms. The fourth-order valence-electron chi connectivity index (χ4n) is 3.41. The summed E-state index contributed by atoms with van der Waals surface area (Å²) in [4.78, 5) is 17.0. The lowest BCUT2D eigenvalue weighted by molar-refractivity contribution is 0.0738. The van der Waals surface area contributed by atoms with Crippen LogP contribution in [0.15, 0.2) is 12.1 Å². The number of methoxy groups -OCH3 is 1. The van der Waals surface area contributed by atoms with E-state index in [4.69, 9.17) is 4.74 Å². The van der Waals surface area contributed by atoms with Gasteiger partial charge in [0.2, 0.25) is 5.88 Å². The molecule has 5 nitrogen and oxygen atoms in total. The Morgan fingerprint density at radius 3 is 2.91 bits per heavy atom. The molecule has 0 aliphatic carbocycles. The molecule has 2 aromatic heterocycles. The van der Waals surface area contributed by atoms with E-state index in [0.29, 0.717) is 0 Å². The van der Waals surface area contributed by atoms with E-state index in [-0.39, 0.29) is 11.9 Å². The number of likely N-dealkylation sites (tertiary alicyclic amines) is 1. The fraction of sp³-hybridized carbons (Fsp3) is 0.529. The normalized spacial score (nSPS) is 17.7. The maximum absolute atomic E-state index is 12.9. The van der Waals surface area contributed by atoms with Crippen molar-refractivity contribution >= 4 is 17.2 Å². The van der Waals surface area contributed by atoms with Gasteiger partial charge in [-0.2, -0.15) is 5.10 Å². The molecule has 124 valence electrons. The van der Waals surface area contributed by atoms with Gasteiger partial charge in [-0.1, -0.05) is 6.92 Å². The number of ether oxygens (including phenoxy) is 1. The highest BCUT2D eigenvalue weighted by atomic mass is 32.1. The largest absolute Gasteiger partial charge is 0.481 e. The van der Waals surface area contributed by atoms with Crippen molar-refractivity contribution in [2.75, 3.05) is 13.7 Å². The summed E-state index contributed by atoms with van der Waals surface area (Å²) in [6.45, 7) is 4.89. The molecule has 1 aliphatic heterocycles. The van der Waals surface area contributed by atoms with Crippen LogP contribution in [0.1, 0.15) is 51.6 Å². The van der Waals surface area contributed by atoms with Crippen LogP contribution < -0.4 is 4.74 Å². The van der Waals surface area contributed by atoms with Gasteiger partial charge in [0.1, 0.15) is 0 Å². The highest BCUT2D eigenvalue weighted by molar-refractivity contribution is 7.14. The Bertz CT molecular complexity index is 719. The number of aryl methyl sites for hydroxylation is 3. The molecule has 0 N–H and O–H groups in total. The highest BCUT2D eigenvalue weighted by Crippen LogP contribution is 2.39. The summed E-state index contributed by atoms with van der Waals surface area (Å²) in [5, 5.41) is 4.47. The SMILES string of the molecule is CCc1ccc(C(=O)N2CCC[C@H]2c2c(C)nn(C)c2OC)s1. The lowest BCUT2D eigenvalue weighted by Gasteiger charge is -2.24. The molecule has 0 bridgehead atoms. The van der Waals surface area contributed by atoms with Gasteiger partial charge in [-0.3, -0.25) is 4.79 Å². The molecule has 0 unspecified atom stereocenters. The quantitative estimate of drug-likeness (QED) is 0.862. The first kappa shape index (κ1) is 16.1. The van der Waals surface area contributed by atoms with Crippen LogP contribution in [0.3, 0.4) is 0 Å². The highest BCUT2D eigenvalue weighted by Gasteiger charge is 2.35.